The number of amides is 1. The second-order valence-electron chi connectivity index (χ2n) is 5.66. The highest BCUT2D eigenvalue weighted by atomic mass is 32.1. The molecule has 0 aliphatic rings. The van der Waals surface area contributed by atoms with Crippen LogP contribution in [0.25, 0.3) is 5.69 Å². The highest BCUT2D eigenvalue weighted by Gasteiger charge is 2.31. The lowest BCUT2D eigenvalue weighted by atomic mass is 10.1. The summed E-state index contributed by atoms with van der Waals surface area (Å²) >= 11 is 1.62. The monoisotopic (exact) mass is 379 g/mol. The first-order valence-electron chi connectivity index (χ1n) is 7.97. The van der Waals surface area contributed by atoms with Gasteiger partial charge in [0.15, 0.2) is 0 Å². The number of halogens is 3. The van der Waals surface area contributed by atoms with Gasteiger partial charge >= 0.3 is 6.18 Å². The first kappa shape index (κ1) is 18.2. The average molecular weight is 379 g/mol. The van der Waals surface area contributed by atoms with Gasteiger partial charge in [0.05, 0.1) is 16.9 Å². The van der Waals surface area contributed by atoms with E-state index in [4.69, 9.17) is 0 Å². The second-order valence-corrected chi connectivity index (χ2v) is 6.69. The summed E-state index contributed by atoms with van der Waals surface area (Å²) in [5, 5.41) is 8.59. The molecule has 0 atom stereocenters. The fraction of sp³-hybridized carbons (Fsp3) is 0.222. The number of hydrogen-bond donors (Lipinski definition) is 1. The van der Waals surface area contributed by atoms with Crippen LogP contribution in [0.3, 0.4) is 0 Å². The summed E-state index contributed by atoms with van der Waals surface area (Å²) in [6.45, 7) is 0. The van der Waals surface area contributed by atoms with Crippen molar-refractivity contribution >= 4 is 22.9 Å². The number of nitrogens with one attached hydrogen (secondary N) is 1. The predicted molar refractivity (Wildman–Crippen MR) is 94.5 cm³/mol. The van der Waals surface area contributed by atoms with E-state index in [2.05, 4.69) is 10.4 Å². The van der Waals surface area contributed by atoms with Crippen molar-refractivity contribution in [2.45, 2.75) is 25.4 Å². The van der Waals surface area contributed by atoms with Gasteiger partial charge in [0.2, 0.25) is 5.91 Å². The lowest BCUT2D eigenvalue weighted by molar-refractivity contribution is -0.137. The molecular weight excluding hydrogens is 363 g/mol. The van der Waals surface area contributed by atoms with Gasteiger partial charge in [0, 0.05) is 23.7 Å². The third-order valence-electron chi connectivity index (χ3n) is 3.76. The van der Waals surface area contributed by atoms with Gasteiger partial charge in [-0.2, -0.15) is 18.3 Å². The van der Waals surface area contributed by atoms with Crippen LogP contribution in [-0.4, -0.2) is 15.7 Å². The zero-order chi connectivity index (χ0) is 18.6. The maximum absolute atomic E-state index is 13.0. The van der Waals surface area contributed by atoms with Crippen molar-refractivity contribution in [2.75, 3.05) is 5.32 Å². The molecule has 2 heterocycles. The Labute approximate surface area is 152 Å². The molecule has 1 N–H and O–H groups in total. The third-order valence-corrected chi connectivity index (χ3v) is 4.69. The van der Waals surface area contributed by atoms with Crippen LogP contribution in [0, 0.1) is 0 Å². The zero-order valence-corrected chi connectivity index (χ0v) is 14.5. The molecular formula is C18H16F3N3OS. The number of nitrogens with zero attached hydrogens (tertiary/aromatic N) is 2. The van der Waals surface area contributed by atoms with Crippen LogP contribution >= 0.6 is 11.3 Å². The van der Waals surface area contributed by atoms with E-state index in [0.29, 0.717) is 12.1 Å². The molecule has 136 valence electrons. The van der Waals surface area contributed by atoms with E-state index in [1.165, 1.54) is 21.8 Å². The van der Waals surface area contributed by atoms with Gasteiger partial charge < -0.3 is 5.32 Å². The summed E-state index contributed by atoms with van der Waals surface area (Å²) in [6.07, 6.45) is 0.259. The van der Waals surface area contributed by atoms with Crippen LogP contribution < -0.4 is 5.32 Å². The quantitative estimate of drug-likeness (QED) is 0.661. The molecule has 0 fully saturated rings. The van der Waals surface area contributed by atoms with Gasteiger partial charge in [-0.1, -0.05) is 6.07 Å². The van der Waals surface area contributed by atoms with E-state index in [1.807, 2.05) is 17.5 Å². The molecule has 0 unspecified atom stereocenters. The minimum absolute atomic E-state index is 0.0876. The fourth-order valence-corrected chi connectivity index (χ4v) is 3.27. The van der Waals surface area contributed by atoms with Crippen molar-refractivity contribution in [3.8, 4) is 5.69 Å². The molecule has 26 heavy (non-hydrogen) atoms. The summed E-state index contributed by atoms with van der Waals surface area (Å²) in [5.41, 5.74) is -0.346. The number of rotatable bonds is 6. The Morgan fingerprint density at radius 2 is 2.08 bits per heavy atom. The largest absolute Gasteiger partial charge is 0.416 e. The highest BCUT2D eigenvalue weighted by molar-refractivity contribution is 7.09. The van der Waals surface area contributed by atoms with Crippen molar-refractivity contribution in [1.29, 1.82) is 0 Å². The fourth-order valence-electron chi connectivity index (χ4n) is 2.51. The first-order chi connectivity index (χ1) is 12.4. The van der Waals surface area contributed by atoms with Crippen LogP contribution in [0.1, 0.15) is 23.3 Å². The zero-order valence-electron chi connectivity index (χ0n) is 13.7. The Morgan fingerprint density at radius 1 is 1.23 bits per heavy atom. The number of anilines is 1. The van der Waals surface area contributed by atoms with Crippen LogP contribution in [0.15, 0.2) is 54.2 Å². The number of thiophene rings is 1. The molecule has 8 heteroatoms. The molecule has 2 aromatic heterocycles. The van der Waals surface area contributed by atoms with Gasteiger partial charge in [-0.25, -0.2) is 4.68 Å². The van der Waals surface area contributed by atoms with E-state index in [1.54, 1.807) is 23.6 Å². The maximum atomic E-state index is 13.0. The Bertz CT molecular complexity index is 858. The SMILES string of the molecule is O=C(CCCc1cccs1)Nc1cc(C(F)(F)F)ccc1-n1cccn1. The number of benzene rings is 1. The molecule has 0 bridgehead atoms. The normalized spacial score (nSPS) is 11.5. The molecule has 3 aromatic rings. The van der Waals surface area contributed by atoms with Gasteiger partial charge in [-0.3, -0.25) is 4.79 Å². The Morgan fingerprint density at radius 3 is 2.73 bits per heavy atom. The van der Waals surface area contributed by atoms with E-state index < -0.39 is 11.7 Å². The standard InChI is InChI=1S/C18H16F3N3OS/c19-18(20,21)13-7-8-16(24-10-3-9-22-24)15(12-13)23-17(25)6-1-4-14-5-2-11-26-14/h2-3,5,7-12H,1,4,6H2,(H,23,25). The number of hydrogen-bond acceptors (Lipinski definition) is 3. The van der Waals surface area contributed by atoms with E-state index in [-0.39, 0.29) is 18.0 Å². The van der Waals surface area contributed by atoms with Crippen LogP contribution in [0.2, 0.25) is 0 Å². The number of alkyl halides is 3. The number of aryl methyl sites for hydroxylation is 1. The molecule has 0 aliphatic carbocycles. The Hall–Kier alpha value is -2.61. The van der Waals surface area contributed by atoms with E-state index in [9.17, 15) is 18.0 Å². The van der Waals surface area contributed by atoms with Crippen LogP contribution in [0.4, 0.5) is 18.9 Å². The maximum Gasteiger partial charge on any atom is 0.416 e. The predicted octanol–water partition coefficient (Wildman–Crippen LogP) is 4.91. The van der Waals surface area contributed by atoms with Crippen molar-refractivity contribution in [3.63, 3.8) is 0 Å². The highest BCUT2D eigenvalue weighted by Crippen LogP contribution is 2.33. The summed E-state index contributed by atoms with van der Waals surface area (Å²) in [7, 11) is 0. The number of aromatic nitrogens is 2. The average Bonchev–Trinajstić information content (AvgIpc) is 3.27. The van der Waals surface area contributed by atoms with Gasteiger partial charge in [-0.15, -0.1) is 11.3 Å². The molecule has 0 saturated carbocycles. The van der Waals surface area contributed by atoms with E-state index in [0.717, 1.165) is 18.6 Å². The third kappa shape index (κ3) is 4.51. The van der Waals surface area contributed by atoms with E-state index >= 15 is 0 Å². The lowest BCUT2D eigenvalue weighted by Crippen LogP contribution is -2.15. The molecule has 3 rings (SSSR count). The Balaban J connectivity index is 1.74. The summed E-state index contributed by atoms with van der Waals surface area (Å²) in [5.74, 6) is -0.325. The molecule has 0 aliphatic heterocycles. The molecule has 0 radical (unpaired) electrons. The molecule has 0 spiro atoms. The van der Waals surface area contributed by atoms with Gasteiger partial charge in [-0.05, 0) is 48.6 Å². The minimum atomic E-state index is -4.48. The molecule has 1 amide bonds. The van der Waals surface area contributed by atoms with Crippen molar-refractivity contribution < 1.29 is 18.0 Å². The summed E-state index contributed by atoms with van der Waals surface area (Å²) < 4.78 is 40.4. The number of carbonyl (C=O) groups is 1. The Kier molecular flexibility index (Phi) is 5.41. The smallest absolute Gasteiger partial charge is 0.324 e. The second kappa shape index (κ2) is 7.74. The summed E-state index contributed by atoms with van der Waals surface area (Å²) in [6, 6.07) is 8.81. The number of carbonyl (C=O) groups excluding carboxylic acids is 1. The van der Waals surface area contributed by atoms with Crippen molar-refractivity contribution in [1.82, 2.24) is 9.78 Å². The lowest BCUT2D eigenvalue weighted by Gasteiger charge is -2.14. The minimum Gasteiger partial charge on any atom is -0.324 e. The topological polar surface area (TPSA) is 46.9 Å². The van der Waals surface area contributed by atoms with Crippen molar-refractivity contribution in [2.24, 2.45) is 0 Å². The molecule has 0 saturated heterocycles. The first-order valence-corrected chi connectivity index (χ1v) is 8.85. The van der Waals surface area contributed by atoms with Gasteiger partial charge in [0.25, 0.3) is 0 Å². The van der Waals surface area contributed by atoms with Crippen LogP contribution in [0.5, 0.6) is 0 Å². The molecule has 4 nitrogen and oxygen atoms in total. The van der Waals surface area contributed by atoms with Crippen LogP contribution in [-0.2, 0) is 17.4 Å². The van der Waals surface area contributed by atoms with Gasteiger partial charge in [0.1, 0.15) is 0 Å². The molecule has 1 aromatic carbocycles. The summed E-state index contributed by atoms with van der Waals surface area (Å²) in [4.78, 5) is 13.4. The van der Waals surface area contributed by atoms with Crippen molar-refractivity contribution in [3.05, 3.63) is 64.6 Å².